The number of carbonyl (C=O) groups excluding carboxylic acids is 2. The van der Waals surface area contributed by atoms with E-state index in [1.165, 1.54) is 5.56 Å². The van der Waals surface area contributed by atoms with Gasteiger partial charge in [-0.15, -0.1) is 0 Å². The normalized spacial score (nSPS) is 16.4. The Morgan fingerprint density at radius 2 is 1.63 bits per heavy atom. The van der Waals surface area contributed by atoms with Crippen molar-refractivity contribution in [3.05, 3.63) is 86.3 Å². The second-order valence-corrected chi connectivity index (χ2v) is 13.0. The van der Waals surface area contributed by atoms with E-state index in [9.17, 15) is 19.5 Å². The summed E-state index contributed by atoms with van der Waals surface area (Å²) in [6, 6.07) is 14.9. The zero-order chi connectivity index (χ0) is 33.0. The number of hydrogen-bond donors (Lipinski definition) is 3. The van der Waals surface area contributed by atoms with Gasteiger partial charge in [0.15, 0.2) is 0 Å². The molecule has 0 bridgehead atoms. The molecule has 3 heterocycles. The first-order valence-corrected chi connectivity index (χ1v) is 16.7. The zero-order valence-corrected chi connectivity index (χ0v) is 28.0. The molecule has 2 aliphatic heterocycles. The van der Waals surface area contributed by atoms with Crippen LogP contribution in [0.4, 0.5) is 5.69 Å². The van der Waals surface area contributed by atoms with Crippen LogP contribution in [0.15, 0.2) is 47.3 Å². The highest BCUT2D eigenvalue weighted by atomic mass is 16.3. The lowest BCUT2D eigenvalue weighted by Crippen LogP contribution is -2.46. The van der Waals surface area contributed by atoms with Crippen LogP contribution in [-0.4, -0.2) is 76.6 Å². The molecule has 246 valence electrons. The molecule has 9 nitrogen and oxygen atoms in total. The van der Waals surface area contributed by atoms with Gasteiger partial charge in [0.05, 0.1) is 6.10 Å². The number of aliphatic hydroxyl groups excluding tert-OH is 1. The molecule has 0 spiro atoms. The molecule has 2 amide bonds. The molecule has 2 aliphatic rings. The second-order valence-electron chi connectivity index (χ2n) is 13.0. The number of anilines is 1. The Kier molecular flexibility index (Phi) is 10.6. The third-order valence-electron chi connectivity index (χ3n) is 9.80. The number of aryl methyl sites for hydroxylation is 2. The maximum atomic E-state index is 13.9. The SMILES string of the molecule is CCN(c1cc(-c2ccc(CN3CCC(O)CC3)cc2)cc(C(=O)NCc2c(C)cc(C)[nH]c2=O)c1C)C1CCN(C(C)=O)CC1. The average molecular weight is 628 g/mol. The first kappa shape index (κ1) is 33.4. The number of likely N-dealkylation sites (tertiary alicyclic amines) is 2. The molecule has 1 aromatic heterocycles. The molecule has 3 aromatic rings. The van der Waals surface area contributed by atoms with Gasteiger partial charge in [-0.25, -0.2) is 0 Å². The van der Waals surface area contributed by atoms with Crippen LogP contribution < -0.4 is 15.8 Å². The van der Waals surface area contributed by atoms with Gasteiger partial charge < -0.3 is 25.2 Å². The number of aromatic amines is 1. The van der Waals surface area contributed by atoms with Gasteiger partial charge >= 0.3 is 0 Å². The Bertz CT molecular complexity index is 1600. The number of pyridine rings is 1. The Balaban J connectivity index is 1.45. The van der Waals surface area contributed by atoms with Gasteiger partial charge in [0, 0.05) is 81.3 Å². The molecular formula is C37H49N5O4. The predicted octanol–water partition coefficient (Wildman–Crippen LogP) is 4.69. The minimum Gasteiger partial charge on any atom is -0.393 e. The number of hydrogen-bond acceptors (Lipinski definition) is 6. The maximum Gasteiger partial charge on any atom is 0.253 e. The molecule has 0 saturated carbocycles. The van der Waals surface area contributed by atoms with Crippen LogP contribution in [0.5, 0.6) is 0 Å². The van der Waals surface area contributed by atoms with Crippen LogP contribution in [0, 0.1) is 20.8 Å². The maximum absolute atomic E-state index is 13.9. The summed E-state index contributed by atoms with van der Waals surface area (Å²) in [4.78, 5) is 48.0. The van der Waals surface area contributed by atoms with Crippen molar-refractivity contribution in [1.29, 1.82) is 0 Å². The predicted molar refractivity (Wildman–Crippen MR) is 183 cm³/mol. The number of rotatable bonds is 9. The Labute approximate surface area is 272 Å². The van der Waals surface area contributed by atoms with Gasteiger partial charge in [-0.1, -0.05) is 24.3 Å². The molecule has 0 unspecified atom stereocenters. The summed E-state index contributed by atoms with van der Waals surface area (Å²) in [5.74, 6) is -0.103. The molecular weight excluding hydrogens is 578 g/mol. The molecule has 2 saturated heterocycles. The van der Waals surface area contributed by atoms with E-state index in [0.29, 0.717) is 11.1 Å². The largest absolute Gasteiger partial charge is 0.393 e. The minimum atomic E-state index is -0.216. The van der Waals surface area contributed by atoms with E-state index in [-0.39, 0.29) is 36.1 Å². The van der Waals surface area contributed by atoms with E-state index in [4.69, 9.17) is 0 Å². The van der Waals surface area contributed by atoms with E-state index in [1.54, 1.807) is 6.92 Å². The molecule has 2 fully saturated rings. The molecule has 0 aliphatic carbocycles. The third-order valence-corrected chi connectivity index (χ3v) is 9.80. The van der Waals surface area contributed by atoms with E-state index in [2.05, 4.69) is 57.4 Å². The number of nitrogens with zero attached hydrogens (tertiary/aromatic N) is 3. The molecule has 3 N–H and O–H groups in total. The lowest BCUT2D eigenvalue weighted by atomic mass is 9.94. The van der Waals surface area contributed by atoms with Crippen LogP contribution >= 0.6 is 0 Å². The summed E-state index contributed by atoms with van der Waals surface area (Å²) >= 11 is 0. The lowest BCUT2D eigenvalue weighted by molar-refractivity contribution is -0.129. The van der Waals surface area contributed by atoms with E-state index in [0.717, 1.165) is 98.6 Å². The summed E-state index contributed by atoms with van der Waals surface area (Å²) in [6.07, 6.45) is 3.18. The highest BCUT2D eigenvalue weighted by molar-refractivity contribution is 5.99. The quantitative estimate of drug-likeness (QED) is 0.318. The number of piperidine rings is 2. The van der Waals surface area contributed by atoms with Crippen LogP contribution in [0.3, 0.4) is 0 Å². The van der Waals surface area contributed by atoms with E-state index >= 15 is 0 Å². The summed E-state index contributed by atoms with van der Waals surface area (Å²) in [5, 5.41) is 12.9. The van der Waals surface area contributed by atoms with Crippen molar-refractivity contribution in [3.63, 3.8) is 0 Å². The molecule has 0 radical (unpaired) electrons. The average Bonchev–Trinajstić information content (AvgIpc) is 3.03. The fraction of sp³-hybridized carbons (Fsp3) is 0.486. The van der Waals surface area contributed by atoms with Gasteiger partial charge in [0.25, 0.3) is 11.5 Å². The highest BCUT2D eigenvalue weighted by Crippen LogP contribution is 2.34. The van der Waals surface area contributed by atoms with Gasteiger partial charge in [0.1, 0.15) is 0 Å². The standard InChI is InChI=1S/C37H49N5O4/c1-6-42(31-11-17-41(18-12-31)27(5)43)35-21-30(29-9-7-28(8-10-29)23-40-15-13-32(44)14-16-40)20-33(26(35)4)36(45)38-22-34-24(2)19-25(3)39-37(34)46/h7-10,19-21,31-32,44H,6,11-18,22-23H2,1-5H3,(H,38,45)(H,39,46). The molecule has 2 aromatic carbocycles. The van der Waals surface area contributed by atoms with Crippen LogP contribution in [0.1, 0.15) is 77.8 Å². The summed E-state index contributed by atoms with van der Waals surface area (Å²) in [5.41, 5.74) is 7.73. The summed E-state index contributed by atoms with van der Waals surface area (Å²) in [7, 11) is 0. The first-order chi connectivity index (χ1) is 22.0. The number of aromatic nitrogens is 1. The van der Waals surface area contributed by atoms with Crippen molar-refractivity contribution in [1.82, 2.24) is 20.1 Å². The smallest absolute Gasteiger partial charge is 0.253 e. The second kappa shape index (κ2) is 14.6. The molecule has 9 heteroatoms. The Morgan fingerprint density at radius 3 is 2.24 bits per heavy atom. The van der Waals surface area contributed by atoms with Crippen molar-refractivity contribution < 1.29 is 14.7 Å². The van der Waals surface area contributed by atoms with Crippen molar-refractivity contribution in [2.75, 3.05) is 37.6 Å². The monoisotopic (exact) mass is 627 g/mol. The fourth-order valence-corrected chi connectivity index (χ4v) is 7.02. The topological polar surface area (TPSA) is 109 Å². The van der Waals surface area contributed by atoms with Crippen LogP contribution in [0.2, 0.25) is 0 Å². The zero-order valence-electron chi connectivity index (χ0n) is 28.0. The van der Waals surface area contributed by atoms with Crippen LogP contribution in [-0.2, 0) is 17.9 Å². The number of aliphatic hydroxyl groups is 1. The van der Waals surface area contributed by atoms with Crippen molar-refractivity contribution in [2.24, 2.45) is 0 Å². The lowest BCUT2D eigenvalue weighted by Gasteiger charge is -2.40. The first-order valence-electron chi connectivity index (χ1n) is 16.7. The summed E-state index contributed by atoms with van der Waals surface area (Å²) < 4.78 is 0. The van der Waals surface area contributed by atoms with E-state index < -0.39 is 0 Å². The van der Waals surface area contributed by atoms with E-state index in [1.807, 2.05) is 37.8 Å². The third kappa shape index (κ3) is 7.70. The number of carbonyl (C=O) groups is 2. The number of amides is 2. The number of H-pyrrole nitrogens is 1. The number of nitrogens with one attached hydrogen (secondary N) is 2. The summed E-state index contributed by atoms with van der Waals surface area (Å²) in [6.45, 7) is 14.5. The van der Waals surface area contributed by atoms with Crippen molar-refractivity contribution in [3.8, 4) is 11.1 Å². The van der Waals surface area contributed by atoms with Gasteiger partial charge in [0.2, 0.25) is 5.91 Å². The highest BCUT2D eigenvalue weighted by Gasteiger charge is 2.28. The Hall–Kier alpha value is -3.95. The van der Waals surface area contributed by atoms with Crippen LogP contribution in [0.25, 0.3) is 11.1 Å². The Morgan fingerprint density at radius 1 is 0.957 bits per heavy atom. The van der Waals surface area contributed by atoms with Gasteiger partial charge in [-0.3, -0.25) is 19.3 Å². The molecule has 5 rings (SSSR count). The minimum absolute atomic E-state index is 0.114. The fourth-order valence-electron chi connectivity index (χ4n) is 7.02. The molecule has 0 atom stereocenters. The van der Waals surface area contributed by atoms with Crippen molar-refractivity contribution >= 4 is 17.5 Å². The van der Waals surface area contributed by atoms with Gasteiger partial charge in [-0.2, -0.15) is 0 Å². The van der Waals surface area contributed by atoms with Crippen molar-refractivity contribution in [2.45, 2.75) is 85.5 Å². The molecule has 46 heavy (non-hydrogen) atoms. The van der Waals surface area contributed by atoms with Gasteiger partial charge in [-0.05, 0) is 99.4 Å². The number of benzene rings is 2.